The summed E-state index contributed by atoms with van der Waals surface area (Å²) in [5, 5.41) is 8.91. The van der Waals surface area contributed by atoms with Gasteiger partial charge in [-0.25, -0.2) is 4.39 Å². The maximum Gasteiger partial charge on any atom is 0.165 e. The molecule has 0 unspecified atom stereocenters. The third-order valence-electron chi connectivity index (χ3n) is 2.67. The number of rotatable bonds is 4. The highest BCUT2D eigenvalue weighted by Crippen LogP contribution is 2.29. The van der Waals surface area contributed by atoms with Crippen molar-refractivity contribution in [3.8, 4) is 5.75 Å². The van der Waals surface area contributed by atoms with Crippen LogP contribution in [-0.2, 0) is 5.41 Å². The molecule has 1 aromatic rings. The zero-order valence-electron chi connectivity index (χ0n) is 9.38. The average molecular weight is 212 g/mol. The topological polar surface area (TPSA) is 29.5 Å². The van der Waals surface area contributed by atoms with Gasteiger partial charge in [0.2, 0.25) is 0 Å². The number of ether oxygens (including phenoxy) is 1. The summed E-state index contributed by atoms with van der Waals surface area (Å²) < 4.78 is 18.3. The van der Waals surface area contributed by atoms with Crippen molar-refractivity contribution in [2.24, 2.45) is 0 Å². The molecular weight excluding hydrogens is 195 g/mol. The van der Waals surface area contributed by atoms with Gasteiger partial charge in [-0.2, -0.15) is 0 Å². The Morgan fingerprint density at radius 1 is 1.40 bits per heavy atom. The van der Waals surface area contributed by atoms with Crippen LogP contribution >= 0.6 is 0 Å². The van der Waals surface area contributed by atoms with E-state index in [4.69, 9.17) is 9.84 Å². The molecule has 0 saturated heterocycles. The maximum absolute atomic E-state index is 13.4. The first-order valence-electron chi connectivity index (χ1n) is 4.96. The monoisotopic (exact) mass is 212 g/mol. The maximum atomic E-state index is 13.4. The van der Waals surface area contributed by atoms with Gasteiger partial charge in [0.15, 0.2) is 11.6 Å². The molecule has 0 heterocycles. The number of halogens is 1. The van der Waals surface area contributed by atoms with E-state index in [1.54, 1.807) is 6.07 Å². The van der Waals surface area contributed by atoms with Crippen molar-refractivity contribution in [3.63, 3.8) is 0 Å². The van der Waals surface area contributed by atoms with E-state index in [2.05, 4.69) is 0 Å². The molecule has 15 heavy (non-hydrogen) atoms. The highest BCUT2D eigenvalue weighted by molar-refractivity contribution is 5.33. The standard InChI is InChI=1S/C12H17FO2/c1-12(2,6-7-14)9-4-5-11(15-3)10(13)8-9/h4-5,8,14H,6-7H2,1-3H3. The molecule has 0 spiro atoms. The van der Waals surface area contributed by atoms with Gasteiger partial charge < -0.3 is 9.84 Å². The molecule has 0 aliphatic carbocycles. The molecule has 3 heteroatoms. The molecule has 84 valence electrons. The SMILES string of the molecule is COc1ccc(C(C)(C)CCO)cc1F. The lowest BCUT2D eigenvalue weighted by Crippen LogP contribution is -2.19. The summed E-state index contributed by atoms with van der Waals surface area (Å²) in [4.78, 5) is 0. The molecule has 0 aromatic heterocycles. The average Bonchev–Trinajstić information content (AvgIpc) is 2.17. The minimum absolute atomic E-state index is 0.0979. The lowest BCUT2D eigenvalue weighted by atomic mass is 9.82. The summed E-state index contributed by atoms with van der Waals surface area (Å²) in [5.41, 5.74) is 0.650. The first-order chi connectivity index (χ1) is 7.01. The summed E-state index contributed by atoms with van der Waals surface area (Å²) in [6.45, 7) is 4.05. The largest absolute Gasteiger partial charge is 0.494 e. The summed E-state index contributed by atoms with van der Waals surface area (Å²) in [6.07, 6.45) is 0.610. The molecule has 0 atom stereocenters. The number of hydrogen-bond donors (Lipinski definition) is 1. The Kier molecular flexibility index (Phi) is 3.69. The summed E-state index contributed by atoms with van der Waals surface area (Å²) in [7, 11) is 1.44. The first kappa shape index (κ1) is 12.0. The predicted octanol–water partition coefficient (Wildman–Crippen LogP) is 2.49. The van der Waals surface area contributed by atoms with Crippen molar-refractivity contribution in [2.75, 3.05) is 13.7 Å². The zero-order valence-corrected chi connectivity index (χ0v) is 9.38. The summed E-state index contributed by atoms with van der Waals surface area (Å²) >= 11 is 0. The molecular formula is C12H17FO2. The van der Waals surface area contributed by atoms with Gasteiger partial charge in [-0.05, 0) is 29.5 Å². The third kappa shape index (κ3) is 2.69. The molecule has 2 nitrogen and oxygen atoms in total. The van der Waals surface area contributed by atoms with Crippen LogP contribution in [0.15, 0.2) is 18.2 Å². The minimum Gasteiger partial charge on any atom is -0.494 e. The molecule has 0 radical (unpaired) electrons. The van der Waals surface area contributed by atoms with Gasteiger partial charge in [-0.3, -0.25) is 0 Å². The molecule has 1 N–H and O–H groups in total. The molecule has 1 aromatic carbocycles. The van der Waals surface area contributed by atoms with E-state index >= 15 is 0 Å². The highest BCUT2D eigenvalue weighted by atomic mass is 19.1. The number of aliphatic hydroxyl groups is 1. The second-order valence-corrected chi connectivity index (χ2v) is 4.21. The lowest BCUT2D eigenvalue weighted by molar-refractivity contribution is 0.252. The Morgan fingerprint density at radius 3 is 2.53 bits per heavy atom. The highest BCUT2D eigenvalue weighted by Gasteiger charge is 2.21. The lowest BCUT2D eigenvalue weighted by Gasteiger charge is -2.24. The van der Waals surface area contributed by atoms with Crippen LogP contribution in [0.1, 0.15) is 25.8 Å². The van der Waals surface area contributed by atoms with E-state index in [0.29, 0.717) is 6.42 Å². The number of hydrogen-bond acceptors (Lipinski definition) is 2. The predicted molar refractivity (Wildman–Crippen MR) is 57.7 cm³/mol. The van der Waals surface area contributed by atoms with Crippen LogP contribution in [0.25, 0.3) is 0 Å². The Bertz CT molecular complexity index is 334. The van der Waals surface area contributed by atoms with Gasteiger partial charge in [-0.1, -0.05) is 19.9 Å². The zero-order chi connectivity index (χ0) is 11.5. The van der Waals surface area contributed by atoms with E-state index in [1.807, 2.05) is 19.9 Å². The number of aliphatic hydroxyl groups excluding tert-OH is 1. The fourth-order valence-corrected chi connectivity index (χ4v) is 1.51. The van der Waals surface area contributed by atoms with Gasteiger partial charge in [0.25, 0.3) is 0 Å². The van der Waals surface area contributed by atoms with Crippen molar-refractivity contribution in [3.05, 3.63) is 29.6 Å². The second-order valence-electron chi connectivity index (χ2n) is 4.21. The van der Waals surface area contributed by atoms with Gasteiger partial charge in [0.05, 0.1) is 7.11 Å². The van der Waals surface area contributed by atoms with Crippen molar-refractivity contribution in [2.45, 2.75) is 25.7 Å². The van der Waals surface area contributed by atoms with Crippen LogP contribution in [0.5, 0.6) is 5.75 Å². The first-order valence-corrected chi connectivity index (χ1v) is 4.96. The smallest absolute Gasteiger partial charge is 0.165 e. The van der Waals surface area contributed by atoms with Crippen LogP contribution in [0, 0.1) is 5.82 Å². The number of benzene rings is 1. The van der Waals surface area contributed by atoms with Crippen LogP contribution < -0.4 is 4.74 Å². The molecule has 1 rings (SSSR count). The van der Waals surface area contributed by atoms with Crippen LogP contribution in [-0.4, -0.2) is 18.8 Å². The van der Waals surface area contributed by atoms with Gasteiger partial charge in [-0.15, -0.1) is 0 Å². The third-order valence-corrected chi connectivity index (χ3v) is 2.67. The molecule has 0 amide bonds. The normalized spacial score (nSPS) is 11.5. The van der Waals surface area contributed by atoms with Crippen LogP contribution in [0.3, 0.4) is 0 Å². The van der Waals surface area contributed by atoms with Crippen molar-refractivity contribution < 1.29 is 14.2 Å². The number of methoxy groups -OCH3 is 1. The Hall–Kier alpha value is -1.09. The Morgan fingerprint density at radius 2 is 2.07 bits per heavy atom. The summed E-state index contributed by atoms with van der Waals surface area (Å²) in [6, 6.07) is 4.91. The Balaban J connectivity index is 3.01. The minimum atomic E-state index is -0.360. The fourth-order valence-electron chi connectivity index (χ4n) is 1.51. The van der Waals surface area contributed by atoms with Crippen LogP contribution in [0.4, 0.5) is 4.39 Å². The molecule has 0 aliphatic heterocycles. The molecule has 0 fully saturated rings. The van der Waals surface area contributed by atoms with E-state index in [-0.39, 0.29) is 23.6 Å². The van der Waals surface area contributed by atoms with Crippen molar-refractivity contribution in [1.29, 1.82) is 0 Å². The van der Waals surface area contributed by atoms with Crippen molar-refractivity contribution in [1.82, 2.24) is 0 Å². The molecule has 0 bridgehead atoms. The molecule has 0 saturated carbocycles. The van der Waals surface area contributed by atoms with Crippen LogP contribution in [0.2, 0.25) is 0 Å². The van der Waals surface area contributed by atoms with Gasteiger partial charge >= 0.3 is 0 Å². The molecule has 0 aliphatic rings. The Labute approximate surface area is 89.7 Å². The van der Waals surface area contributed by atoms with Gasteiger partial charge in [0, 0.05) is 6.61 Å². The van der Waals surface area contributed by atoms with Gasteiger partial charge in [0.1, 0.15) is 0 Å². The summed E-state index contributed by atoms with van der Waals surface area (Å²) in [5.74, 6) is -0.112. The van der Waals surface area contributed by atoms with Crippen molar-refractivity contribution >= 4 is 0 Å². The van der Waals surface area contributed by atoms with E-state index in [9.17, 15) is 4.39 Å². The van der Waals surface area contributed by atoms with E-state index in [0.717, 1.165) is 5.56 Å². The van der Waals surface area contributed by atoms with E-state index < -0.39 is 0 Å². The second kappa shape index (κ2) is 4.62. The fraction of sp³-hybridized carbons (Fsp3) is 0.500. The quantitative estimate of drug-likeness (QED) is 0.830. The van der Waals surface area contributed by atoms with E-state index in [1.165, 1.54) is 13.2 Å².